The standard InChI is InChI=1S/C13H20ClN3O/c1-5-11-15-12(14)10(4)13(16-11)17-6-8(2)18-9(3)7-17/h8-9H,5-7H2,1-4H3/t8-,9+. The van der Waals surface area contributed by atoms with Gasteiger partial charge in [0.05, 0.1) is 12.2 Å². The molecule has 5 heteroatoms. The van der Waals surface area contributed by atoms with E-state index in [4.69, 9.17) is 16.3 Å². The zero-order valence-electron chi connectivity index (χ0n) is 11.4. The fraction of sp³-hybridized carbons (Fsp3) is 0.692. The summed E-state index contributed by atoms with van der Waals surface area (Å²) >= 11 is 6.18. The van der Waals surface area contributed by atoms with Crippen LogP contribution in [0.1, 0.15) is 32.2 Å². The third-order valence-corrected chi connectivity index (χ3v) is 3.51. The molecular weight excluding hydrogens is 250 g/mol. The number of ether oxygens (including phenoxy) is 1. The van der Waals surface area contributed by atoms with E-state index in [0.29, 0.717) is 5.15 Å². The van der Waals surface area contributed by atoms with Gasteiger partial charge in [-0.15, -0.1) is 0 Å². The molecule has 0 amide bonds. The van der Waals surface area contributed by atoms with Crippen molar-refractivity contribution < 1.29 is 4.74 Å². The van der Waals surface area contributed by atoms with E-state index < -0.39 is 0 Å². The molecule has 1 saturated heterocycles. The average Bonchev–Trinajstić information content (AvgIpc) is 2.31. The van der Waals surface area contributed by atoms with E-state index in [1.54, 1.807) is 0 Å². The summed E-state index contributed by atoms with van der Waals surface area (Å²) in [5, 5.41) is 0.559. The summed E-state index contributed by atoms with van der Waals surface area (Å²) < 4.78 is 5.75. The SMILES string of the molecule is CCc1nc(Cl)c(C)c(N2C[C@@H](C)O[C@@H](C)C2)n1. The summed E-state index contributed by atoms with van der Waals surface area (Å²) in [7, 11) is 0. The zero-order valence-corrected chi connectivity index (χ0v) is 12.2. The highest BCUT2D eigenvalue weighted by molar-refractivity contribution is 6.30. The predicted molar refractivity (Wildman–Crippen MR) is 73.4 cm³/mol. The van der Waals surface area contributed by atoms with Crippen molar-refractivity contribution in [1.82, 2.24) is 9.97 Å². The van der Waals surface area contributed by atoms with Gasteiger partial charge >= 0.3 is 0 Å². The Morgan fingerprint density at radius 3 is 2.44 bits per heavy atom. The third kappa shape index (κ3) is 2.75. The van der Waals surface area contributed by atoms with Crippen molar-refractivity contribution in [2.45, 2.75) is 46.3 Å². The van der Waals surface area contributed by atoms with E-state index in [0.717, 1.165) is 36.7 Å². The summed E-state index contributed by atoms with van der Waals surface area (Å²) in [5.74, 6) is 1.75. The van der Waals surface area contributed by atoms with Gasteiger partial charge in [0.25, 0.3) is 0 Å². The minimum absolute atomic E-state index is 0.215. The van der Waals surface area contributed by atoms with Crippen molar-refractivity contribution in [1.29, 1.82) is 0 Å². The largest absolute Gasteiger partial charge is 0.372 e. The molecule has 1 aromatic rings. The number of halogens is 1. The molecule has 2 rings (SSSR count). The highest BCUT2D eigenvalue weighted by Gasteiger charge is 2.25. The molecule has 2 atom stereocenters. The maximum atomic E-state index is 6.18. The Kier molecular flexibility index (Phi) is 4.07. The number of rotatable bonds is 2. The molecule has 0 unspecified atom stereocenters. The summed E-state index contributed by atoms with van der Waals surface area (Å²) in [5.41, 5.74) is 0.954. The predicted octanol–water partition coefficient (Wildman–Crippen LogP) is 2.61. The Morgan fingerprint density at radius 2 is 1.89 bits per heavy atom. The van der Waals surface area contributed by atoms with Crippen LogP contribution >= 0.6 is 11.6 Å². The van der Waals surface area contributed by atoms with Crippen LogP contribution in [-0.4, -0.2) is 35.3 Å². The second kappa shape index (κ2) is 5.41. The van der Waals surface area contributed by atoms with Crippen molar-refractivity contribution in [3.05, 3.63) is 16.5 Å². The number of anilines is 1. The fourth-order valence-corrected chi connectivity index (χ4v) is 2.52. The van der Waals surface area contributed by atoms with Crippen molar-refractivity contribution >= 4 is 17.4 Å². The quantitative estimate of drug-likeness (QED) is 0.774. The van der Waals surface area contributed by atoms with Crippen molar-refractivity contribution in [2.75, 3.05) is 18.0 Å². The van der Waals surface area contributed by atoms with E-state index in [9.17, 15) is 0 Å². The van der Waals surface area contributed by atoms with Gasteiger partial charge in [-0.05, 0) is 20.8 Å². The molecule has 1 aliphatic heterocycles. The Hall–Kier alpha value is -0.870. The van der Waals surface area contributed by atoms with Crippen LogP contribution in [0.25, 0.3) is 0 Å². The molecule has 18 heavy (non-hydrogen) atoms. The average molecular weight is 270 g/mol. The molecule has 1 aromatic heterocycles. The number of nitrogens with zero attached hydrogens (tertiary/aromatic N) is 3. The Bertz CT molecular complexity index is 428. The molecule has 0 aliphatic carbocycles. The molecule has 0 radical (unpaired) electrons. The van der Waals surface area contributed by atoms with Crippen LogP contribution in [0.3, 0.4) is 0 Å². The minimum atomic E-state index is 0.215. The molecule has 0 spiro atoms. The van der Waals surface area contributed by atoms with Crippen molar-refractivity contribution in [2.24, 2.45) is 0 Å². The summed E-state index contributed by atoms with van der Waals surface area (Å²) in [6.07, 6.45) is 1.22. The van der Waals surface area contributed by atoms with Crippen LogP contribution in [0.4, 0.5) is 5.82 Å². The first-order chi connectivity index (χ1) is 8.51. The van der Waals surface area contributed by atoms with E-state index in [1.807, 2.05) is 13.8 Å². The topological polar surface area (TPSA) is 38.2 Å². The van der Waals surface area contributed by atoms with Crippen LogP contribution in [-0.2, 0) is 11.2 Å². The first-order valence-corrected chi connectivity index (χ1v) is 6.82. The number of aryl methyl sites for hydroxylation is 1. The van der Waals surface area contributed by atoms with Crippen LogP contribution in [0, 0.1) is 6.92 Å². The van der Waals surface area contributed by atoms with Gasteiger partial charge in [-0.1, -0.05) is 18.5 Å². The molecule has 1 aliphatic rings. The first-order valence-electron chi connectivity index (χ1n) is 6.44. The summed E-state index contributed by atoms with van der Waals surface area (Å²) in [6, 6.07) is 0. The van der Waals surface area contributed by atoms with Crippen molar-refractivity contribution in [3.8, 4) is 0 Å². The van der Waals surface area contributed by atoms with Crippen LogP contribution in [0.15, 0.2) is 0 Å². The molecule has 0 aromatic carbocycles. The molecule has 2 heterocycles. The van der Waals surface area contributed by atoms with Gasteiger partial charge in [-0.2, -0.15) is 0 Å². The maximum Gasteiger partial charge on any atom is 0.137 e. The van der Waals surface area contributed by atoms with E-state index >= 15 is 0 Å². The van der Waals surface area contributed by atoms with Gasteiger partial charge in [0, 0.05) is 25.1 Å². The van der Waals surface area contributed by atoms with Gasteiger partial charge in [0.1, 0.15) is 16.8 Å². The highest BCUT2D eigenvalue weighted by atomic mass is 35.5. The Labute approximate surface area is 113 Å². The molecular formula is C13H20ClN3O. The first kappa shape index (κ1) is 13.6. The van der Waals surface area contributed by atoms with E-state index in [1.165, 1.54) is 0 Å². The normalized spacial score (nSPS) is 24.4. The Morgan fingerprint density at radius 1 is 1.28 bits per heavy atom. The molecule has 0 bridgehead atoms. The zero-order chi connectivity index (χ0) is 13.3. The monoisotopic (exact) mass is 269 g/mol. The number of morpholine rings is 1. The smallest absolute Gasteiger partial charge is 0.137 e. The van der Waals surface area contributed by atoms with Crippen LogP contribution in [0.5, 0.6) is 0 Å². The van der Waals surface area contributed by atoms with E-state index in [2.05, 4.69) is 28.7 Å². The lowest BCUT2D eigenvalue weighted by Crippen LogP contribution is -2.46. The van der Waals surface area contributed by atoms with E-state index in [-0.39, 0.29) is 12.2 Å². The summed E-state index contributed by atoms with van der Waals surface area (Å²) in [4.78, 5) is 11.2. The molecule has 1 fully saturated rings. The summed E-state index contributed by atoms with van der Waals surface area (Å²) in [6.45, 7) is 9.88. The number of hydrogen-bond acceptors (Lipinski definition) is 4. The number of hydrogen-bond donors (Lipinski definition) is 0. The van der Waals surface area contributed by atoms with Crippen LogP contribution < -0.4 is 4.90 Å². The van der Waals surface area contributed by atoms with Gasteiger partial charge in [-0.25, -0.2) is 9.97 Å². The molecule has 0 N–H and O–H groups in total. The lowest BCUT2D eigenvalue weighted by atomic mass is 10.2. The third-order valence-electron chi connectivity index (χ3n) is 3.14. The Balaban J connectivity index is 2.34. The maximum absolute atomic E-state index is 6.18. The lowest BCUT2D eigenvalue weighted by Gasteiger charge is -2.36. The van der Waals surface area contributed by atoms with Crippen LogP contribution in [0.2, 0.25) is 5.15 Å². The van der Waals surface area contributed by atoms with Gasteiger partial charge in [0.15, 0.2) is 0 Å². The van der Waals surface area contributed by atoms with Crippen molar-refractivity contribution in [3.63, 3.8) is 0 Å². The highest BCUT2D eigenvalue weighted by Crippen LogP contribution is 2.26. The molecule has 4 nitrogen and oxygen atoms in total. The van der Waals surface area contributed by atoms with Gasteiger partial charge in [-0.3, -0.25) is 0 Å². The lowest BCUT2D eigenvalue weighted by molar-refractivity contribution is -0.00551. The second-order valence-electron chi connectivity index (χ2n) is 4.90. The molecule has 100 valence electrons. The minimum Gasteiger partial charge on any atom is -0.372 e. The molecule has 0 saturated carbocycles. The second-order valence-corrected chi connectivity index (χ2v) is 5.25. The fourth-order valence-electron chi connectivity index (χ4n) is 2.34. The van der Waals surface area contributed by atoms with Gasteiger partial charge in [0.2, 0.25) is 0 Å². The van der Waals surface area contributed by atoms with Gasteiger partial charge < -0.3 is 9.64 Å². The number of aromatic nitrogens is 2.